The first-order chi connectivity index (χ1) is 13.5. The van der Waals surface area contributed by atoms with Crippen LogP contribution in [-0.4, -0.2) is 52.8 Å². The van der Waals surface area contributed by atoms with Crippen molar-refractivity contribution in [2.75, 3.05) is 26.2 Å². The van der Waals surface area contributed by atoms with Crippen LogP contribution in [0.1, 0.15) is 33.0 Å². The summed E-state index contributed by atoms with van der Waals surface area (Å²) in [5.74, 6) is 0.117. The second-order valence-electron chi connectivity index (χ2n) is 6.86. The van der Waals surface area contributed by atoms with E-state index in [1.165, 1.54) is 6.26 Å². The Morgan fingerprint density at radius 3 is 2.50 bits per heavy atom. The van der Waals surface area contributed by atoms with Crippen molar-refractivity contribution in [2.45, 2.75) is 13.3 Å². The number of carbonyl (C=O) groups excluding carboxylic acids is 2. The second kappa shape index (κ2) is 7.64. The average Bonchev–Trinajstić information content (AvgIpc) is 3.12. The van der Waals surface area contributed by atoms with Gasteiger partial charge in [0.1, 0.15) is 0 Å². The molecule has 4 rings (SSSR count). The van der Waals surface area contributed by atoms with E-state index in [2.05, 4.69) is 4.98 Å². The number of amides is 2. The SMILES string of the molecule is Cc1cc(C(=O)N2CCCN(C(=O)c3ccco3)CC2)c2cccc(Cl)c2n1. The van der Waals surface area contributed by atoms with Gasteiger partial charge in [-0.1, -0.05) is 23.7 Å². The molecule has 2 aromatic heterocycles. The highest BCUT2D eigenvalue weighted by atomic mass is 35.5. The highest BCUT2D eigenvalue weighted by molar-refractivity contribution is 6.35. The molecule has 28 heavy (non-hydrogen) atoms. The van der Waals surface area contributed by atoms with Gasteiger partial charge in [-0.15, -0.1) is 0 Å². The molecule has 1 aliphatic heterocycles. The normalized spacial score (nSPS) is 14.9. The molecule has 1 fully saturated rings. The zero-order valence-corrected chi connectivity index (χ0v) is 16.3. The van der Waals surface area contributed by atoms with Crippen LogP contribution in [0.25, 0.3) is 10.9 Å². The van der Waals surface area contributed by atoms with Crippen molar-refractivity contribution in [2.24, 2.45) is 0 Å². The number of aromatic nitrogens is 1. The first-order valence-corrected chi connectivity index (χ1v) is 9.60. The lowest BCUT2D eigenvalue weighted by Crippen LogP contribution is -2.37. The molecule has 1 aromatic carbocycles. The number of hydrogen-bond acceptors (Lipinski definition) is 4. The molecule has 0 aliphatic carbocycles. The van der Waals surface area contributed by atoms with Gasteiger partial charge < -0.3 is 14.2 Å². The molecule has 2 amide bonds. The summed E-state index contributed by atoms with van der Waals surface area (Å²) < 4.78 is 5.21. The summed E-state index contributed by atoms with van der Waals surface area (Å²) in [6, 6.07) is 10.6. The van der Waals surface area contributed by atoms with Crippen LogP contribution < -0.4 is 0 Å². The van der Waals surface area contributed by atoms with Crippen LogP contribution >= 0.6 is 11.6 Å². The monoisotopic (exact) mass is 397 g/mol. The third kappa shape index (κ3) is 3.47. The zero-order chi connectivity index (χ0) is 19.7. The Labute approximate surface area is 167 Å². The maximum atomic E-state index is 13.3. The number of hydrogen-bond donors (Lipinski definition) is 0. The summed E-state index contributed by atoms with van der Waals surface area (Å²) in [6.45, 7) is 3.96. The smallest absolute Gasteiger partial charge is 0.289 e. The number of halogens is 1. The van der Waals surface area contributed by atoms with Gasteiger partial charge in [0.2, 0.25) is 0 Å². The van der Waals surface area contributed by atoms with Crippen LogP contribution in [0.2, 0.25) is 5.02 Å². The van der Waals surface area contributed by atoms with Gasteiger partial charge in [-0.25, -0.2) is 0 Å². The number of rotatable bonds is 2. The largest absolute Gasteiger partial charge is 0.459 e. The lowest BCUT2D eigenvalue weighted by molar-refractivity contribution is 0.0701. The third-order valence-electron chi connectivity index (χ3n) is 4.95. The molecule has 1 saturated heterocycles. The zero-order valence-electron chi connectivity index (χ0n) is 15.5. The average molecular weight is 398 g/mol. The Hall–Kier alpha value is -2.86. The summed E-state index contributed by atoms with van der Waals surface area (Å²) in [7, 11) is 0. The molecule has 0 unspecified atom stereocenters. The third-order valence-corrected chi connectivity index (χ3v) is 5.26. The molecule has 7 heteroatoms. The van der Waals surface area contributed by atoms with Gasteiger partial charge in [-0.2, -0.15) is 0 Å². The number of para-hydroxylation sites is 1. The van der Waals surface area contributed by atoms with Crippen molar-refractivity contribution in [1.29, 1.82) is 0 Å². The Morgan fingerprint density at radius 1 is 1.04 bits per heavy atom. The first kappa shape index (κ1) is 18.5. The summed E-state index contributed by atoms with van der Waals surface area (Å²) >= 11 is 6.28. The van der Waals surface area contributed by atoms with Crippen LogP contribution in [0, 0.1) is 6.92 Å². The maximum Gasteiger partial charge on any atom is 0.289 e. The van der Waals surface area contributed by atoms with Crippen molar-refractivity contribution in [3.63, 3.8) is 0 Å². The standard InChI is InChI=1S/C21H20ClN3O3/c1-14-13-16(15-5-2-6-17(22)19(15)23-14)20(26)24-8-4-9-25(11-10-24)21(27)18-7-3-12-28-18/h2-3,5-7,12-13H,4,8-11H2,1H3. The number of fused-ring (bicyclic) bond motifs is 1. The highest BCUT2D eigenvalue weighted by Crippen LogP contribution is 2.26. The molecule has 0 bridgehead atoms. The van der Waals surface area contributed by atoms with Crippen molar-refractivity contribution >= 4 is 34.3 Å². The Balaban J connectivity index is 1.57. The number of furan rings is 1. The van der Waals surface area contributed by atoms with Gasteiger partial charge in [0.15, 0.2) is 5.76 Å². The molecule has 3 aromatic rings. The van der Waals surface area contributed by atoms with Gasteiger partial charge in [0, 0.05) is 37.3 Å². The van der Waals surface area contributed by atoms with E-state index in [0.717, 1.165) is 11.1 Å². The van der Waals surface area contributed by atoms with E-state index in [9.17, 15) is 9.59 Å². The van der Waals surface area contributed by atoms with Crippen molar-refractivity contribution in [3.8, 4) is 0 Å². The number of nitrogens with zero attached hydrogens (tertiary/aromatic N) is 3. The Bertz CT molecular complexity index is 1030. The van der Waals surface area contributed by atoms with E-state index in [1.54, 1.807) is 34.1 Å². The van der Waals surface area contributed by atoms with Crippen LogP contribution in [0.15, 0.2) is 47.1 Å². The molecule has 144 valence electrons. The molecule has 0 atom stereocenters. The topological polar surface area (TPSA) is 66.7 Å². The van der Waals surface area contributed by atoms with Gasteiger partial charge in [0.05, 0.1) is 22.4 Å². The predicted octanol–water partition coefficient (Wildman–Crippen LogP) is 3.78. The van der Waals surface area contributed by atoms with Gasteiger partial charge >= 0.3 is 0 Å². The van der Waals surface area contributed by atoms with E-state index < -0.39 is 0 Å². The van der Waals surface area contributed by atoms with Crippen LogP contribution in [0.3, 0.4) is 0 Å². The molecule has 1 aliphatic rings. The highest BCUT2D eigenvalue weighted by Gasteiger charge is 2.26. The van der Waals surface area contributed by atoms with E-state index in [0.29, 0.717) is 54.5 Å². The fourth-order valence-electron chi connectivity index (χ4n) is 3.57. The number of aryl methyl sites for hydroxylation is 1. The minimum Gasteiger partial charge on any atom is -0.459 e. The molecule has 0 radical (unpaired) electrons. The second-order valence-corrected chi connectivity index (χ2v) is 7.27. The van der Waals surface area contributed by atoms with Crippen LogP contribution in [-0.2, 0) is 0 Å². The summed E-state index contributed by atoms with van der Waals surface area (Å²) in [6.07, 6.45) is 2.20. The molecule has 0 saturated carbocycles. The van der Waals surface area contributed by atoms with Crippen molar-refractivity contribution in [3.05, 3.63) is 64.7 Å². The maximum absolute atomic E-state index is 13.3. The fraction of sp³-hybridized carbons (Fsp3) is 0.286. The number of benzene rings is 1. The summed E-state index contributed by atoms with van der Waals surface area (Å²) in [5, 5.41) is 1.28. The fourth-order valence-corrected chi connectivity index (χ4v) is 3.79. The van der Waals surface area contributed by atoms with E-state index >= 15 is 0 Å². The van der Waals surface area contributed by atoms with Gasteiger partial charge in [-0.3, -0.25) is 14.6 Å². The minimum atomic E-state index is -0.142. The number of carbonyl (C=O) groups is 2. The molecule has 0 spiro atoms. The number of pyridine rings is 1. The molecule has 6 nitrogen and oxygen atoms in total. The van der Waals surface area contributed by atoms with E-state index in [1.807, 2.05) is 19.1 Å². The summed E-state index contributed by atoms with van der Waals surface area (Å²) in [4.78, 5) is 33.8. The Morgan fingerprint density at radius 2 is 1.79 bits per heavy atom. The first-order valence-electron chi connectivity index (χ1n) is 9.22. The quantitative estimate of drug-likeness (QED) is 0.660. The summed E-state index contributed by atoms with van der Waals surface area (Å²) in [5.41, 5.74) is 1.97. The van der Waals surface area contributed by atoms with E-state index in [4.69, 9.17) is 16.0 Å². The molecular formula is C21H20ClN3O3. The van der Waals surface area contributed by atoms with Crippen LogP contribution in [0.5, 0.6) is 0 Å². The Kier molecular flexibility index (Phi) is 5.05. The minimum absolute atomic E-state index is 0.0648. The van der Waals surface area contributed by atoms with E-state index in [-0.39, 0.29) is 11.8 Å². The van der Waals surface area contributed by atoms with Gasteiger partial charge in [0.25, 0.3) is 11.8 Å². The lowest BCUT2D eigenvalue weighted by Gasteiger charge is -2.22. The lowest BCUT2D eigenvalue weighted by atomic mass is 10.1. The molecule has 0 N–H and O–H groups in total. The van der Waals surface area contributed by atoms with Crippen LogP contribution in [0.4, 0.5) is 0 Å². The predicted molar refractivity (Wildman–Crippen MR) is 107 cm³/mol. The van der Waals surface area contributed by atoms with Gasteiger partial charge in [-0.05, 0) is 37.6 Å². The van der Waals surface area contributed by atoms with Crippen molar-refractivity contribution in [1.82, 2.24) is 14.8 Å². The van der Waals surface area contributed by atoms with Crippen molar-refractivity contribution < 1.29 is 14.0 Å². The molecular weight excluding hydrogens is 378 g/mol. The molecule has 3 heterocycles.